The number of unbranched alkanes of at least 4 members (excludes halogenated alkanes) is 1. The Balaban J connectivity index is 1.85. The highest BCUT2D eigenvalue weighted by molar-refractivity contribution is 8.00. The van der Waals surface area contributed by atoms with Crippen molar-refractivity contribution in [2.45, 2.75) is 43.0 Å². The van der Waals surface area contributed by atoms with Crippen LogP contribution < -0.4 is 5.32 Å². The molecule has 0 aliphatic carbocycles. The van der Waals surface area contributed by atoms with Crippen LogP contribution in [0.4, 0.5) is 4.79 Å². The predicted molar refractivity (Wildman–Crippen MR) is 73.8 cm³/mol. The third-order valence-corrected chi connectivity index (χ3v) is 5.06. The number of methoxy groups -OCH3 is 1. The van der Waals surface area contributed by atoms with Gasteiger partial charge in [-0.3, -0.25) is 4.79 Å². The van der Waals surface area contributed by atoms with Crippen molar-refractivity contribution >= 4 is 23.8 Å². The summed E-state index contributed by atoms with van der Waals surface area (Å²) >= 11 is 1.77. The van der Waals surface area contributed by atoms with Gasteiger partial charge in [-0.05, 0) is 18.1 Å². The van der Waals surface area contributed by atoms with Crippen LogP contribution in [-0.2, 0) is 9.53 Å². The Kier molecular flexibility index (Phi) is 4.97. The van der Waals surface area contributed by atoms with Crippen molar-refractivity contribution < 1.29 is 14.3 Å². The largest absolute Gasteiger partial charge is 0.469 e. The second kappa shape index (κ2) is 6.71. The van der Waals surface area contributed by atoms with Gasteiger partial charge in [0.15, 0.2) is 0 Å². The average molecular weight is 299 g/mol. The van der Waals surface area contributed by atoms with Crippen LogP contribution in [0.2, 0.25) is 0 Å². The number of amides is 2. The quantitative estimate of drug-likeness (QED) is 0.201. The molecule has 0 aromatic carbocycles. The molecule has 0 aromatic heterocycles. The Bertz CT molecular complexity index is 440. The van der Waals surface area contributed by atoms with Crippen LogP contribution in [0.25, 0.3) is 10.4 Å². The summed E-state index contributed by atoms with van der Waals surface area (Å²) in [5.41, 5.74) is 8.53. The van der Waals surface area contributed by atoms with Gasteiger partial charge in [0.1, 0.15) is 6.04 Å². The van der Waals surface area contributed by atoms with Gasteiger partial charge >= 0.3 is 12.0 Å². The number of azide groups is 1. The van der Waals surface area contributed by atoms with Crippen molar-refractivity contribution in [1.29, 1.82) is 0 Å². The fourth-order valence-electron chi connectivity index (χ4n) is 2.61. The van der Waals surface area contributed by atoms with Crippen LogP contribution in [0.3, 0.4) is 0 Å². The molecule has 2 rings (SSSR count). The Labute approximate surface area is 120 Å². The summed E-state index contributed by atoms with van der Waals surface area (Å²) < 4.78 is 4.59. The number of nitrogens with one attached hydrogen (secondary N) is 1. The normalized spacial score (nSPS) is 27.8. The van der Waals surface area contributed by atoms with E-state index in [9.17, 15) is 9.59 Å². The SMILES string of the molecule is COC(=O)CCCC[C@H]1SC[C@H]2NC(=O)N(N=[N+]=[N-])[C@H]21. The minimum absolute atomic E-state index is 0.0450. The fraction of sp³-hybridized carbons (Fsp3) is 0.818. The Hall–Kier alpha value is -1.60. The number of thioether (sulfide) groups is 1. The Morgan fingerprint density at radius 1 is 1.65 bits per heavy atom. The number of rotatable bonds is 6. The molecule has 0 bridgehead atoms. The molecule has 2 heterocycles. The topological polar surface area (TPSA) is 107 Å². The lowest BCUT2D eigenvalue weighted by Gasteiger charge is -2.18. The number of hydrogen-bond donors (Lipinski definition) is 1. The van der Waals surface area contributed by atoms with Gasteiger partial charge in [-0.1, -0.05) is 6.42 Å². The van der Waals surface area contributed by atoms with Gasteiger partial charge < -0.3 is 10.1 Å². The van der Waals surface area contributed by atoms with Crippen molar-refractivity contribution in [1.82, 2.24) is 10.3 Å². The zero-order chi connectivity index (χ0) is 14.5. The molecule has 3 atom stereocenters. The lowest BCUT2D eigenvalue weighted by Crippen LogP contribution is -2.37. The van der Waals surface area contributed by atoms with Crippen LogP contribution in [0.5, 0.6) is 0 Å². The lowest BCUT2D eigenvalue weighted by atomic mass is 10.0. The molecule has 2 aliphatic rings. The number of carbonyl (C=O) groups excluding carboxylic acids is 2. The Morgan fingerprint density at radius 3 is 3.15 bits per heavy atom. The number of carbonyl (C=O) groups is 2. The summed E-state index contributed by atoms with van der Waals surface area (Å²) in [5, 5.41) is 7.76. The maximum Gasteiger partial charge on any atom is 0.412 e. The van der Waals surface area contributed by atoms with Gasteiger partial charge in [-0.15, -0.1) is 5.53 Å². The molecule has 0 radical (unpaired) electrons. The van der Waals surface area contributed by atoms with Crippen molar-refractivity contribution in [3.8, 4) is 0 Å². The number of esters is 1. The molecule has 1 N–H and O–H groups in total. The first-order chi connectivity index (χ1) is 9.67. The summed E-state index contributed by atoms with van der Waals surface area (Å²) in [5.74, 6) is 0.630. The molecule has 0 spiro atoms. The average Bonchev–Trinajstić information content (AvgIpc) is 2.96. The van der Waals surface area contributed by atoms with Gasteiger partial charge in [-0.2, -0.15) is 21.7 Å². The molecule has 0 aromatic rings. The molecule has 2 saturated heterocycles. The molecular weight excluding hydrogens is 282 g/mol. The predicted octanol–water partition coefficient (Wildman–Crippen LogP) is 1.82. The second-order valence-corrected chi connectivity index (χ2v) is 6.04. The second-order valence-electron chi connectivity index (χ2n) is 4.76. The van der Waals surface area contributed by atoms with Gasteiger partial charge in [0.25, 0.3) is 0 Å². The molecular formula is C11H17N5O3S. The Morgan fingerprint density at radius 2 is 2.45 bits per heavy atom. The smallest absolute Gasteiger partial charge is 0.412 e. The minimum Gasteiger partial charge on any atom is -0.469 e. The highest BCUT2D eigenvalue weighted by Crippen LogP contribution is 2.37. The standard InChI is InChI=1S/C11H17N5O3S/c1-19-9(17)5-3-2-4-8-10-7(6-20-8)13-11(18)16(10)15-14-12/h7-8,10H,2-6H2,1H3,(H,13,18)/t7-,8-,10-/m1/s1. The van der Waals surface area contributed by atoms with E-state index in [0.29, 0.717) is 6.42 Å². The molecule has 9 heteroatoms. The van der Waals surface area contributed by atoms with Crippen molar-refractivity contribution in [2.24, 2.45) is 5.22 Å². The summed E-state index contributed by atoms with van der Waals surface area (Å²) in [6.45, 7) is 0. The monoisotopic (exact) mass is 299 g/mol. The summed E-state index contributed by atoms with van der Waals surface area (Å²) in [4.78, 5) is 25.4. The minimum atomic E-state index is -0.322. The fourth-order valence-corrected chi connectivity index (χ4v) is 4.18. The van der Waals surface area contributed by atoms with E-state index in [4.69, 9.17) is 5.53 Å². The van der Waals surface area contributed by atoms with E-state index in [2.05, 4.69) is 20.2 Å². The number of ether oxygens (including phenoxy) is 1. The van der Waals surface area contributed by atoms with Crippen LogP contribution in [0.15, 0.2) is 5.22 Å². The zero-order valence-electron chi connectivity index (χ0n) is 11.2. The van der Waals surface area contributed by atoms with E-state index in [0.717, 1.165) is 25.0 Å². The van der Waals surface area contributed by atoms with E-state index < -0.39 is 0 Å². The highest BCUT2D eigenvalue weighted by Gasteiger charge is 2.52. The number of nitrogens with zero attached hydrogens (tertiary/aromatic N) is 4. The molecule has 0 saturated carbocycles. The highest BCUT2D eigenvalue weighted by atomic mass is 32.2. The van der Waals surface area contributed by atoms with E-state index in [1.165, 1.54) is 12.1 Å². The van der Waals surface area contributed by atoms with Gasteiger partial charge in [0.2, 0.25) is 0 Å². The molecule has 2 amide bonds. The summed E-state index contributed by atoms with van der Waals surface area (Å²) in [6.07, 6.45) is 2.95. The first kappa shape index (κ1) is 14.8. The molecule has 8 nitrogen and oxygen atoms in total. The van der Waals surface area contributed by atoms with E-state index in [1.54, 1.807) is 11.8 Å². The van der Waals surface area contributed by atoms with E-state index >= 15 is 0 Å². The summed E-state index contributed by atoms with van der Waals surface area (Å²) in [6, 6.07) is -0.359. The lowest BCUT2D eigenvalue weighted by molar-refractivity contribution is -0.140. The molecule has 2 aliphatic heterocycles. The molecule has 2 fully saturated rings. The van der Waals surface area contributed by atoms with Crippen LogP contribution in [0.1, 0.15) is 25.7 Å². The van der Waals surface area contributed by atoms with Crippen LogP contribution in [-0.4, -0.2) is 47.2 Å². The van der Waals surface area contributed by atoms with Gasteiger partial charge in [0, 0.05) is 17.4 Å². The number of urea groups is 1. The first-order valence-electron chi connectivity index (χ1n) is 6.50. The number of fused-ring (bicyclic) bond motifs is 1. The molecule has 20 heavy (non-hydrogen) atoms. The van der Waals surface area contributed by atoms with Gasteiger partial charge in [-0.25, -0.2) is 4.79 Å². The van der Waals surface area contributed by atoms with Crippen LogP contribution in [0, 0.1) is 0 Å². The third-order valence-electron chi connectivity index (χ3n) is 3.57. The number of hydrogen-bond acceptors (Lipinski definition) is 5. The maximum atomic E-state index is 11.7. The van der Waals surface area contributed by atoms with Crippen molar-refractivity contribution in [2.75, 3.05) is 12.9 Å². The third kappa shape index (κ3) is 3.10. The first-order valence-corrected chi connectivity index (χ1v) is 7.55. The molecule has 0 unspecified atom stereocenters. The van der Waals surface area contributed by atoms with Crippen LogP contribution >= 0.6 is 11.8 Å². The van der Waals surface area contributed by atoms with Crippen molar-refractivity contribution in [3.05, 3.63) is 10.4 Å². The maximum absolute atomic E-state index is 11.7. The zero-order valence-corrected chi connectivity index (χ0v) is 12.0. The summed E-state index contributed by atoms with van der Waals surface area (Å²) in [7, 11) is 1.38. The van der Waals surface area contributed by atoms with E-state index in [1.807, 2.05) is 0 Å². The van der Waals surface area contributed by atoms with Crippen molar-refractivity contribution in [3.63, 3.8) is 0 Å². The molecule has 110 valence electrons. The van der Waals surface area contributed by atoms with E-state index in [-0.39, 0.29) is 29.3 Å². The van der Waals surface area contributed by atoms with Gasteiger partial charge in [0.05, 0.1) is 13.2 Å².